The summed E-state index contributed by atoms with van der Waals surface area (Å²) < 4.78 is 5.03. The SMILES string of the molecule is CCN(CC)C(=O)c1ccc(NC(=O)COC(=O)c2cccc(C)c2N)cc1. The summed E-state index contributed by atoms with van der Waals surface area (Å²) in [6.45, 7) is 6.44. The van der Waals surface area contributed by atoms with E-state index in [9.17, 15) is 14.4 Å². The van der Waals surface area contributed by atoms with Gasteiger partial charge in [0.05, 0.1) is 5.56 Å². The molecule has 0 aromatic heterocycles. The van der Waals surface area contributed by atoms with Gasteiger partial charge in [-0.25, -0.2) is 4.79 Å². The Morgan fingerprint density at radius 2 is 1.68 bits per heavy atom. The number of ether oxygens (including phenoxy) is 1. The number of hydrogen-bond acceptors (Lipinski definition) is 5. The molecule has 0 aliphatic carbocycles. The molecule has 0 saturated heterocycles. The van der Waals surface area contributed by atoms with E-state index in [0.29, 0.717) is 30.0 Å². The van der Waals surface area contributed by atoms with E-state index in [1.165, 1.54) is 0 Å². The standard InChI is InChI=1S/C21H25N3O4/c1-4-24(5-2)20(26)15-9-11-16(12-10-15)23-18(25)13-28-21(27)17-8-6-7-14(3)19(17)22/h6-12H,4-5,13,22H2,1-3H3,(H,23,25). The van der Waals surface area contributed by atoms with Crippen molar-refractivity contribution in [3.8, 4) is 0 Å². The number of nitrogen functional groups attached to an aromatic ring is 1. The van der Waals surface area contributed by atoms with Gasteiger partial charge in [0.15, 0.2) is 6.61 Å². The van der Waals surface area contributed by atoms with Crippen LogP contribution in [0.15, 0.2) is 42.5 Å². The molecule has 7 heteroatoms. The van der Waals surface area contributed by atoms with E-state index >= 15 is 0 Å². The van der Waals surface area contributed by atoms with E-state index in [1.54, 1.807) is 54.3 Å². The van der Waals surface area contributed by atoms with Crippen LogP contribution in [0.3, 0.4) is 0 Å². The zero-order valence-corrected chi connectivity index (χ0v) is 16.3. The Morgan fingerprint density at radius 3 is 2.29 bits per heavy atom. The minimum Gasteiger partial charge on any atom is -0.452 e. The van der Waals surface area contributed by atoms with Crippen LogP contribution in [0.4, 0.5) is 11.4 Å². The van der Waals surface area contributed by atoms with Gasteiger partial charge < -0.3 is 20.7 Å². The lowest BCUT2D eigenvalue weighted by molar-refractivity contribution is -0.119. The van der Waals surface area contributed by atoms with Crippen LogP contribution in [-0.4, -0.2) is 42.4 Å². The van der Waals surface area contributed by atoms with Crippen LogP contribution in [-0.2, 0) is 9.53 Å². The lowest BCUT2D eigenvalue weighted by Gasteiger charge is -2.18. The fraction of sp³-hybridized carbons (Fsp3) is 0.286. The summed E-state index contributed by atoms with van der Waals surface area (Å²) in [4.78, 5) is 38.1. The number of aryl methyl sites for hydroxylation is 1. The third-order valence-corrected chi connectivity index (χ3v) is 4.34. The molecule has 2 amide bonds. The van der Waals surface area contributed by atoms with Crippen molar-refractivity contribution in [1.29, 1.82) is 0 Å². The van der Waals surface area contributed by atoms with Gasteiger partial charge in [-0.1, -0.05) is 12.1 Å². The van der Waals surface area contributed by atoms with Gasteiger partial charge in [-0.2, -0.15) is 0 Å². The topological polar surface area (TPSA) is 102 Å². The lowest BCUT2D eigenvalue weighted by Crippen LogP contribution is -2.30. The molecule has 0 bridgehead atoms. The van der Waals surface area contributed by atoms with Gasteiger partial charge in [0, 0.05) is 30.0 Å². The maximum absolute atomic E-state index is 12.3. The number of rotatable bonds is 7. The first kappa shape index (κ1) is 21.0. The highest BCUT2D eigenvalue weighted by Crippen LogP contribution is 2.17. The molecule has 28 heavy (non-hydrogen) atoms. The fourth-order valence-corrected chi connectivity index (χ4v) is 2.65. The molecule has 0 aliphatic rings. The molecule has 0 saturated carbocycles. The first-order valence-corrected chi connectivity index (χ1v) is 9.08. The minimum absolute atomic E-state index is 0.0625. The second-order valence-electron chi connectivity index (χ2n) is 6.22. The first-order valence-electron chi connectivity index (χ1n) is 9.08. The summed E-state index contributed by atoms with van der Waals surface area (Å²) >= 11 is 0. The average molecular weight is 383 g/mol. The largest absolute Gasteiger partial charge is 0.452 e. The van der Waals surface area contributed by atoms with E-state index < -0.39 is 18.5 Å². The summed E-state index contributed by atoms with van der Waals surface area (Å²) in [5.41, 5.74) is 8.24. The molecule has 0 radical (unpaired) electrons. The molecule has 0 spiro atoms. The molecule has 0 fully saturated rings. The normalized spacial score (nSPS) is 10.2. The molecule has 0 aliphatic heterocycles. The minimum atomic E-state index is -0.656. The lowest BCUT2D eigenvalue weighted by atomic mass is 10.1. The van der Waals surface area contributed by atoms with Crippen molar-refractivity contribution in [1.82, 2.24) is 4.90 Å². The fourth-order valence-electron chi connectivity index (χ4n) is 2.65. The van der Waals surface area contributed by atoms with E-state index in [0.717, 1.165) is 5.56 Å². The second-order valence-corrected chi connectivity index (χ2v) is 6.22. The van der Waals surface area contributed by atoms with Crippen LogP contribution in [0.1, 0.15) is 40.1 Å². The number of hydrogen-bond donors (Lipinski definition) is 2. The number of anilines is 2. The Labute approximate surface area is 164 Å². The van der Waals surface area contributed by atoms with Gasteiger partial charge in [-0.3, -0.25) is 9.59 Å². The maximum atomic E-state index is 12.3. The smallest absolute Gasteiger partial charge is 0.340 e. The van der Waals surface area contributed by atoms with Gasteiger partial charge in [0.25, 0.3) is 11.8 Å². The van der Waals surface area contributed by atoms with E-state index in [-0.39, 0.29) is 11.5 Å². The molecule has 7 nitrogen and oxygen atoms in total. The quantitative estimate of drug-likeness (QED) is 0.565. The number of carbonyl (C=O) groups excluding carboxylic acids is 3. The molecule has 2 aromatic carbocycles. The third-order valence-electron chi connectivity index (χ3n) is 4.34. The zero-order valence-electron chi connectivity index (χ0n) is 16.3. The molecular weight excluding hydrogens is 358 g/mol. The van der Waals surface area contributed by atoms with E-state index in [2.05, 4.69) is 5.32 Å². The number of amides is 2. The van der Waals surface area contributed by atoms with Gasteiger partial charge >= 0.3 is 5.97 Å². The van der Waals surface area contributed by atoms with Crippen LogP contribution in [0.2, 0.25) is 0 Å². The van der Waals surface area contributed by atoms with Crippen LogP contribution in [0, 0.1) is 6.92 Å². The van der Waals surface area contributed by atoms with Gasteiger partial charge in [0.1, 0.15) is 0 Å². The van der Waals surface area contributed by atoms with Gasteiger partial charge in [-0.15, -0.1) is 0 Å². The second kappa shape index (κ2) is 9.55. The number of nitrogens with zero attached hydrogens (tertiary/aromatic N) is 1. The molecule has 3 N–H and O–H groups in total. The predicted molar refractivity (Wildman–Crippen MR) is 108 cm³/mol. The molecule has 0 atom stereocenters. The molecule has 148 valence electrons. The first-order chi connectivity index (χ1) is 13.4. The summed E-state index contributed by atoms with van der Waals surface area (Å²) in [5, 5.41) is 2.63. The summed E-state index contributed by atoms with van der Waals surface area (Å²) in [7, 11) is 0. The Hall–Kier alpha value is -3.35. The van der Waals surface area contributed by atoms with Crippen molar-refractivity contribution in [3.63, 3.8) is 0 Å². The zero-order chi connectivity index (χ0) is 20.7. The molecule has 2 aromatic rings. The summed E-state index contributed by atoms with van der Waals surface area (Å²) in [6, 6.07) is 11.6. The Morgan fingerprint density at radius 1 is 1.04 bits per heavy atom. The average Bonchev–Trinajstić information content (AvgIpc) is 2.69. The number of nitrogens with two attached hydrogens (primary N) is 1. The highest BCUT2D eigenvalue weighted by Gasteiger charge is 2.15. The van der Waals surface area contributed by atoms with E-state index in [4.69, 9.17) is 10.5 Å². The van der Waals surface area contributed by atoms with Crippen LogP contribution >= 0.6 is 0 Å². The molecule has 0 heterocycles. The monoisotopic (exact) mass is 383 g/mol. The van der Waals surface area contributed by atoms with Crippen molar-refractivity contribution < 1.29 is 19.1 Å². The molecular formula is C21H25N3O4. The highest BCUT2D eigenvalue weighted by molar-refractivity contribution is 5.99. The van der Waals surface area contributed by atoms with Crippen molar-refractivity contribution >= 4 is 29.2 Å². The third kappa shape index (κ3) is 5.09. The summed E-state index contributed by atoms with van der Waals surface area (Å²) in [5.74, 6) is -1.20. The van der Waals surface area contributed by atoms with E-state index in [1.807, 2.05) is 13.8 Å². The Balaban J connectivity index is 1.92. The number of carbonyl (C=O) groups is 3. The number of nitrogens with one attached hydrogen (secondary N) is 1. The van der Waals surface area contributed by atoms with Gasteiger partial charge in [-0.05, 0) is 56.7 Å². The number of benzene rings is 2. The Kier molecular flexibility index (Phi) is 7.14. The maximum Gasteiger partial charge on any atom is 0.340 e. The van der Waals surface area contributed by atoms with Crippen molar-refractivity contribution in [2.45, 2.75) is 20.8 Å². The number of para-hydroxylation sites is 1. The Bertz CT molecular complexity index is 858. The number of esters is 1. The van der Waals surface area contributed by atoms with Crippen molar-refractivity contribution in [2.24, 2.45) is 0 Å². The van der Waals surface area contributed by atoms with Crippen molar-refractivity contribution in [2.75, 3.05) is 30.7 Å². The molecule has 2 rings (SSSR count). The van der Waals surface area contributed by atoms with Crippen molar-refractivity contribution in [3.05, 3.63) is 59.2 Å². The summed E-state index contributed by atoms with van der Waals surface area (Å²) in [6.07, 6.45) is 0. The van der Waals surface area contributed by atoms with Crippen LogP contribution in [0.25, 0.3) is 0 Å². The highest BCUT2D eigenvalue weighted by atomic mass is 16.5. The van der Waals surface area contributed by atoms with Crippen LogP contribution in [0.5, 0.6) is 0 Å². The predicted octanol–water partition coefficient (Wildman–Crippen LogP) is 2.85. The molecule has 0 unspecified atom stereocenters. The van der Waals surface area contributed by atoms with Crippen LogP contribution < -0.4 is 11.1 Å². The van der Waals surface area contributed by atoms with Gasteiger partial charge in [0.2, 0.25) is 0 Å².